The van der Waals surface area contributed by atoms with Crippen LogP contribution in [0.3, 0.4) is 0 Å². The zero-order valence-corrected chi connectivity index (χ0v) is 12.6. The van der Waals surface area contributed by atoms with E-state index in [9.17, 15) is 9.59 Å². The van der Waals surface area contributed by atoms with Crippen LogP contribution in [0.1, 0.15) is 58.8 Å². The molecule has 2 unspecified atom stereocenters. The van der Waals surface area contributed by atoms with Gasteiger partial charge in [0.1, 0.15) is 10.9 Å². The zero-order chi connectivity index (χ0) is 14.3. The smallest absolute Gasteiger partial charge is 0.320 e. The summed E-state index contributed by atoms with van der Waals surface area (Å²) < 4.78 is 5.47. The lowest BCUT2D eigenvalue weighted by molar-refractivity contribution is -0.159. The molecule has 4 nitrogen and oxygen atoms in total. The first-order valence-electron chi connectivity index (χ1n) is 7.03. The summed E-state index contributed by atoms with van der Waals surface area (Å²) in [4.78, 5) is 22.4. The number of hydrogen-bond acceptors (Lipinski definition) is 4. The minimum Gasteiger partial charge on any atom is -0.481 e. The van der Waals surface area contributed by atoms with Gasteiger partial charge in [-0.1, -0.05) is 32.6 Å². The summed E-state index contributed by atoms with van der Waals surface area (Å²) in [6.07, 6.45) is 6.67. The number of esters is 1. The maximum Gasteiger partial charge on any atom is 0.320 e. The highest BCUT2D eigenvalue weighted by molar-refractivity contribution is 8.00. The zero-order valence-electron chi connectivity index (χ0n) is 11.8. The highest BCUT2D eigenvalue weighted by Crippen LogP contribution is 2.34. The Morgan fingerprint density at radius 1 is 1.42 bits per heavy atom. The molecule has 0 radical (unpaired) electrons. The molecule has 0 spiro atoms. The SMILES string of the molecule is CCCCCCCC1(C)CSC(CC(=O)O)C(=O)O1. The number of carbonyl (C=O) groups is 2. The molecule has 1 fully saturated rings. The molecule has 0 saturated carbocycles. The van der Waals surface area contributed by atoms with Crippen molar-refractivity contribution in [3.05, 3.63) is 0 Å². The van der Waals surface area contributed by atoms with Gasteiger partial charge < -0.3 is 9.84 Å². The van der Waals surface area contributed by atoms with E-state index in [4.69, 9.17) is 9.84 Å². The van der Waals surface area contributed by atoms with Gasteiger partial charge in [-0.15, -0.1) is 11.8 Å². The van der Waals surface area contributed by atoms with E-state index in [0.29, 0.717) is 5.75 Å². The second-order valence-electron chi connectivity index (χ2n) is 5.43. The lowest BCUT2D eigenvalue weighted by Gasteiger charge is -2.36. The normalized spacial score (nSPS) is 27.1. The Morgan fingerprint density at radius 2 is 2.11 bits per heavy atom. The van der Waals surface area contributed by atoms with E-state index < -0.39 is 16.8 Å². The standard InChI is InChI=1S/C14H24O4S/c1-3-4-5-6-7-8-14(2)10-19-11(9-12(15)16)13(17)18-14/h11H,3-10H2,1-2H3,(H,15,16). The van der Waals surface area contributed by atoms with Crippen molar-refractivity contribution in [2.45, 2.75) is 69.6 Å². The molecule has 0 aromatic heterocycles. The van der Waals surface area contributed by atoms with Gasteiger partial charge in [-0.05, 0) is 19.8 Å². The summed E-state index contributed by atoms with van der Waals surface area (Å²) in [7, 11) is 0. The van der Waals surface area contributed by atoms with Crippen LogP contribution in [0.4, 0.5) is 0 Å². The summed E-state index contributed by atoms with van der Waals surface area (Å²) in [5, 5.41) is 8.18. The number of ether oxygens (including phenoxy) is 1. The Hall–Kier alpha value is -0.710. The van der Waals surface area contributed by atoms with Crippen LogP contribution in [0.25, 0.3) is 0 Å². The number of carboxylic acids is 1. The van der Waals surface area contributed by atoms with Crippen molar-refractivity contribution in [3.63, 3.8) is 0 Å². The van der Waals surface area contributed by atoms with Gasteiger partial charge in [0.2, 0.25) is 0 Å². The fourth-order valence-electron chi connectivity index (χ4n) is 2.21. The largest absolute Gasteiger partial charge is 0.481 e. The first kappa shape index (κ1) is 16.3. The molecule has 2 atom stereocenters. The van der Waals surface area contributed by atoms with Gasteiger partial charge in [0, 0.05) is 5.75 Å². The summed E-state index contributed by atoms with van der Waals surface area (Å²) in [5.41, 5.74) is -0.414. The number of hydrogen-bond donors (Lipinski definition) is 1. The molecule has 1 N–H and O–H groups in total. The number of aliphatic carboxylic acids is 1. The molecule has 1 aliphatic rings. The first-order chi connectivity index (χ1) is 8.97. The molecule has 5 heteroatoms. The van der Waals surface area contributed by atoms with Crippen molar-refractivity contribution in [1.82, 2.24) is 0 Å². The molecule has 1 aliphatic heterocycles. The molecule has 0 aromatic carbocycles. The van der Waals surface area contributed by atoms with Gasteiger partial charge in [0.05, 0.1) is 6.42 Å². The Kier molecular flexibility index (Phi) is 6.69. The van der Waals surface area contributed by atoms with Gasteiger partial charge in [-0.25, -0.2) is 0 Å². The number of carbonyl (C=O) groups excluding carboxylic acids is 1. The molecule has 110 valence electrons. The molecule has 1 heterocycles. The average Bonchev–Trinajstić information content (AvgIpc) is 2.32. The second-order valence-corrected chi connectivity index (χ2v) is 6.62. The van der Waals surface area contributed by atoms with Crippen LogP contribution < -0.4 is 0 Å². The molecule has 0 aromatic rings. The van der Waals surface area contributed by atoms with Crippen LogP contribution in [0, 0.1) is 0 Å². The van der Waals surface area contributed by atoms with E-state index >= 15 is 0 Å². The summed E-state index contributed by atoms with van der Waals surface area (Å²) >= 11 is 1.42. The maximum absolute atomic E-state index is 11.8. The van der Waals surface area contributed by atoms with E-state index in [1.165, 1.54) is 37.4 Å². The van der Waals surface area contributed by atoms with Crippen LogP contribution in [-0.4, -0.2) is 33.6 Å². The van der Waals surface area contributed by atoms with Gasteiger partial charge >= 0.3 is 11.9 Å². The van der Waals surface area contributed by atoms with Crippen molar-refractivity contribution >= 4 is 23.7 Å². The van der Waals surface area contributed by atoms with E-state index in [1.54, 1.807) is 0 Å². The third kappa shape index (κ3) is 5.85. The van der Waals surface area contributed by atoms with E-state index in [1.807, 2.05) is 6.92 Å². The Morgan fingerprint density at radius 3 is 2.68 bits per heavy atom. The molecular formula is C14H24O4S. The van der Waals surface area contributed by atoms with Crippen LogP contribution in [0.2, 0.25) is 0 Å². The fourth-order valence-corrected chi connectivity index (χ4v) is 3.41. The molecule has 1 rings (SSSR count). The molecule has 0 aliphatic carbocycles. The van der Waals surface area contributed by atoms with Crippen molar-refractivity contribution < 1.29 is 19.4 Å². The number of cyclic esters (lactones) is 1. The fraction of sp³-hybridized carbons (Fsp3) is 0.857. The van der Waals surface area contributed by atoms with Gasteiger partial charge in [0.25, 0.3) is 0 Å². The average molecular weight is 288 g/mol. The van der Waals surface area contributed by atoms with E-state index in [2.05, 4.69) is 6.92 Å². The van der Waals surface area contributed by atoms with Crippen molar-refractivity contribution in [2.75, 3.05) is 5.75 Å². The molecule has 1 saturated heterocycles. The molecule has 19 heavy (non-hydrogen) atoms. The highest BCUT2D eigenvalue weighted by atomic mass is 32.2. The Bertz CT molecular complexity index is 319. The van der Waals surface area contributed by atoms with Crippen molar-refractivity contribution in [1.29, 1.82) is 0 Å². The van der Waals surface area contributed by atoms with E-state index in [0.717, 1.165) is 12.8 Å². The lowest BCUT2D eigenvalue weighted by atomic mass is 9.99. The topological polar surface area (TPSA) is 63.6 Å². The third-order valence-electron chi connectivity index (χ3n) is 3.37. The van der Waals surface area contributed by atoms with E-state index in [-0.39, 0.29) is 12.4 Å². The van der Waals surface area contributed by atoms with Gasteiger partial charge in [0.15, 0.2) is 0 Å². The monoisotopic (exact) mass is 288 g/mol. The van der Waals surface area contributed by atoms with Crippen molar-refractivity contribution in [3.8, 4) is 0 Å². The molecule has 0 amide bonds. The van der Waals surface area contributed by atoms with Crippen LogP contribution >= 0.6 is 11.8 Å². The molecule has 0 bridgehead atoms. The minimum absolute atomic E-state index is 0.143. The number of unbranched alkanes of at least 4 members (excludes halogenated alkanes) is 4. The summed E-state index contributed by atoms with van der Waals surface area (Å²) in [5.74, 6) is -0.614. The summed E-state index contributed by atoms with van der Waals surface area (Å²) in [6, 6.07) is 0. The number of rotatable bonds is 8. The van der Waals surface area contributed by atoms with Gasteiger partial charge in [-0.3, -0.25) is 9.59 Å². The minimum atomic E-state index is -0.947. The maximum atomic E-state index is 11.8. The Balaban J connectivity index is 2.32. The quantitative estimate of drug-likeness (QED) is 0.548. The second kappa shape index (κ2) is 7.78. The van der Waals surface area contributed by atoms with Crippen molar-refractivity contribution in [2.24, 2.45) is 0 Å². The van der Waals surface area contributed by atoms with Crippen LogP contribution in [0.15, 0.2) is 0 Å². The lowest BCUT2D eigenvalue weighted by Crippen LogP contribution is -2.43. The number of carboxylic acid groups (broad SMARTS) is 1. The predicted octanol–water partition coefficient (Wildman–Crippen LogP) is 3.24. The van der Waals surface area contributed by atoms with Crippen LogP contribution in [0.5, 0.6) is 0 Å². The summed E-state index contributed by atoms with van der Waals surface area (Å²) in [6.45, 7) is 4.14. The first-order valence-corrected chi connectivity index (χ1v) is 8.08. The van der Waals surface area contributed by atoms with Crippen LogP contribution in [-0.2, 0) is 14.3 Å². The Labute approximate surface area is 119 Å². The molecular weight excluding hydrogens is 264 g/mol. The predicted molar refractivity (Wildman–Crippen MR) is 76.4 cm³/mol. The highest BCUT2D eigenvalue weighted by Gasteiger charge is 2.39. The third-order valence-corrected chi connectivity index (χ3v) is 4.91. The number of thioether (sulfide) groups is 1. The van der Waals surface area contributed by atoms with Gasteiger partial charge in [-0.2, -0.15) is 0 Å².